The Kier molecular flexibility index (Phi) is 4.33. The number of hydrogen-bond acceptors (Lipinski definition) is 6. The van der Waals surface area contributed by atoms with E-state index >= 15 is 0 Å². The smallest absolute Gasteiger partial charge is 0.0889 e. The fourth-order valence-electron chi connectivity index (χ4n) is 3.29. The summed E-state index contributed by atoms with van der Waals surface area (Å²) in [5, 5.41) is 0. The van der Waals surface area contributed by atoms with E-state index in [1.807, 2.05) is 48.6 Å². The zero-order valence-corrected chi connectivity index (χ0v) is 16.2. The molecule has 0 unspecified atom stereocenters. The van der Waals surface area contributed by atoms with Gasteiger partial charge in [0.05, 0.1) is 67.6 Å². The van der Waals surface area contributed by atoms with Crippen LogP contribution in [0.5, 0.6) is 0 Å². The maximum Gasteiger partial charge on any atom is 0.0889 e. The second kappa shape index (κ2) is 6.73. The van der Waals surface area contributed by atoms with Crippen molar-refractivity contribution in [3.05, 3.63) is 47.0 Å². The Bertz CT molecular complexity index is 1160. The number of nitrogen functional groups attached to an aromatic ring is 4. The summed E-state index contributed by atoms with van der Waals surface area (Å²) < 4.78 is 0. The molecule has 0 saturated carbocycles. The molecule has 0 aliphatic carbocycles. The summed E-state index contributed by atoms with van der Waals surface area (Å²) in [7, 11) is 0. The van der Waals surface area contributed by atoms with E-state index in [0.717, 1.165) is 0 Å². The van der Waals surface area contributed by atoms with E-state index in [4.69, 9.17) is 22.9 Å². The van der Waals surface area contributed by atoms with Crippen LogP contribution in [0.4, 0.5) is 22.7 Å². The normalized spacial score (nSPS) is 12.1. The van der Waals surface area contributed by atoms with E-state index in [1.54, 1.807) is 0 Å². The second-order valence-electron chi connectivity index (χ2n) is 6.66. The van der Waals surface area contributed by atoms with Crippen molar-refractivity contribution in [3.63, 3.8) is 0 Å². The molecule has 0 atom stereocenters. The van der Waals surface area contributed by atoms with Gasteiger partial charge < -0.3 is 32.9 Å². The molecular weight excluding hydrogens is 411 g/mol. The monoisotopic (exact) mass is 429 g/mol. The standard InChI is InChI=1S/C20H18N8.Co/c21-17-9-1-2-10(25-9)18(22)12-5-6-14(27-12)20(24)16-8-7-15(28-16)19(23)13-4-3-11(17)26-13;/h1-8,25,28H,21-24H2;. The average Bonchev–Trinajstić information content (AvgIpc) is 3.49. The van der Waals surface area contributed by atoms with Crippen LogP contribution < -0.4 is 22.9 Å². The Morgan fingerprint density at radius 3 is 0.966 bits per heavy atom. The summed E-state index contributed by atoms with van der Waals surface area (Å²) in [6.45, 7) is 0. The van der Waals surface area contributed by atoms with E-state index in [9.17, 15) is 0 Å². The molecule has 8 bridgehead atoms. The molecule has 3 aromatic heterocycles. The number of rotatable bonds is 0. The topological polar surface area (TPSA) is 161 Å². The van der Waals surface area contributed by atoms with E-state index in [2.05, 4.69) is 19.9 Å². The van der Waals surface area contributed by atoms with Gasteiger partial charge in [-0.3, -0.25) is 0 Å². The number of nitrogens with two attached hydrogens (primary N) is 4. The van der Waals surface area contributed by atoms with E-state index < -0.39 is 0 Å². The fraction of sp³-hybridized carbons (Fsp3) is 0. The zero-order valence-electron chi connectivity index (χ0n) is 15.2. The van der Waals surface area contributed by atoms with Gasteiger partial charge >= 0.3 is 0 Å². The quantitative estimate of drug-likeness (QED) is 0.222. The SMILES string of the molecule is Nc1c2nc(c(N)c3ccc([nH]3)c(N)c3nc(c(N)c4ccc1[nH]4)C=C3)C=C2.[Co]. The van der Waals surface area contributed by atoms with Crippen LogP contribution in [0.15, 0.2) is 24.3 Å². The molecular formula is C20H18CoN8. The van der Waals surface area contributed by atoms with Crippen molar-refractivity contribution in [3.8, 4) is 0 Å². The largest absolute Gasteiger partial charge is 0.395 e. The van der Waals surface area contributed by atoms with Gasteiger partial charge in [0.15, 0.2) is 0 Å². The molecule has 147 valence electrons. The molecule has 0 spiro atoms. The van der Waals surface area contributed by atoms with Crippen molar-refractivity contribution in [2.24, 2.45) is 0 Å². The van der Waals surface area contributed by atoms with Gasteiger partial charge in [-0.1, -0.05) is 0 Å². The van der Waals surface area contributed by atoms with Crippen LogP contribution in [0.2, 0.25) is 0 Å². The average molecular weight is 429 g/mol. The fourth-order valence-corrected chi connectivity index (χ4v) is 3.29. The van der Waals surface area contributed by atoms with E-state index in [0.29, 0.717) is 67.6 Å². The van der Waals surface area contributed by atoms with Crippen molar-refractivity contribution in [2.45, 2.75) is 0 Å². The Morgan fingerprint density at radius 1 is 0.483 bits per heavy atom. The van der Waals surface area contributed by atoms with Crippen LogP contribution in [0.25, 0.3) is 46.4 Å². The molecule has 5 heterocycles. The molecule has 3 aromatic rings. The molecule has 2 aliphatic rings. The molecule has 9 heteroatoms. The Labute approximate surface area is 175 Å². The molecule has 2 aliphatic heterocycles. The first-order valence-electron chi connectivity index (χ1n) is 8.69. The minimum Gasteiger partial charge on any atom is -0.395 e. The van der Waals surface area contributed by atoms with Crippen LogP contribution in [0.3, 0.4) is 0 Å². The second-order valence-corrected chi connectivity index (χ2v) is 6.66. The maximum atomic E-state index is 6.31. The number of nitrogens with one attached hydrogen (secondary N) is 2. The minimum atomic E-state index is 0. The number of fused-ring (bicyclic) bond motifs is 8. The summed E-state index contributed by atoms with van der Waals surface area (Å²) in [4.78, 5) is 15.6. The number of aromatic amines is 2. The van der Waals surface area contributed by atoms with Crippen LogP contribution in [0.1, 0.15) is 22.8 Å². The van der Waals surface area contributed by atoms with Gasteiger partial charge in [-0.05, 0) is 48.6 Å². The summed E-state index contributed by atoms with van der Waals surface area (Å²) in [6, 6.07) is 7.44. The molecule has 0 amide bonds. The Hall–Kier alpha value is -3.69. The predicted molar refractivity (Wildman–Crippen MR) is 117 cm³/mol. The van der Waals surface area contributed by atoms with Gasteiger partial charge in [-0.15, -0.1) is 0 Å². The van der Waals surface area contributed by atoms with Gasteiger partial charge in [0.2, 0.25) is 0 Å². The van der Waals surface area contributed by atoms with Crippen LogP contribution in [0, 0.1) is 0 Å². The maximum absolute atomic E-state index is 6.31. The number of nitrogens with zero attached hydrogens (tertiary/aromatic N) is 2. The van der Waals surface area contributed by atoms with Crippen molar-refractivity contribution >= 4 is 69.1 Å². The van der Waals surface area contributed by atoms with E-state index in [1.165, 1.54) is 0 Å². The third-order valence-corrected chi connectivity index (χ3v) is 4.92. The van der Waals surface area contributed by atoms with Crippen LogP contribution in [-0.2, 0) is 16.8 Å². The predicted octanol–water partition coefficient (Wildman–Crippen LogP) is 2.98. The Balaban J connectivity index is 0.00000205. The molecule has 10 N–H and O–H groups in total. The third kappa shape index (κ3) is 2.92. The molecule has 0 saturated heterocycles. The number of hydrogen-bond donors (Lipinski definition) is 6. The Morgan fingerprint density at radius 2 is 0.724 bits per heavy atom. The first-order chi connectivity index (χ1) is 13.5. The molecule has 1 radical (unpaired) electrons. The van der Waals surface area contributed by atoms with Gasteiger partial charge in [0, 0.05) is 16.8 Å². The summed E-state index contributed by atoms with van der Waals surface area (Å²) in [6.07, 6.45) is 7.33. The van der Waals surface area contributed by atoms with Crippen LogP contribution >= 0.6 is 0 Å². The molecule has 5 rings (SSSR count). The number of H-pyrrole nitrogens is 2. The number of anilines is 4. The zero-order chi connectivity index (χ0) is 19.4. The van der Waals surface area contributed by atoms with Gasteiger partial charge in [0.1, 0.15) is 0 Å². The van der Waals surface area contributed by atoms with Crippen LogP contribution in [-0.4, -0.2) is 19.9 Å². The van der Waals surface area contributed by atoms with Gasteiger partial charge in [-0.25, -0.2) is 9.97 Å². The minimum absolute atomic E-state index is 0. The molecule has 0 fully saturated rings. The van der Waals surface area contributed by atoms with Crippen molar-refractivity contribution < 1.29 is 16.8 Å². The molecule has 29 heavy (non-hydrogen) atoms. The summed E-state index contributed by atoms with van der Waals surface area (Å²) >= 11 is 0. The first-order valence-corrected chi connectivity index (χ1v) is 8.69. The third-order valence-electron chi connectivity index (χ3n) is 4.92. The molecule has 0 aromatic carbocycles. The summed E-state index contributed by atoms with van der Waals surface area (Å²) in [5.41, 5.74) is 32.6. The van der Waals surface area contributed by atoms with Gasteiger partial charge in [-0.2, -0.15) is 0 Å². The van der Waals surface area contributed by atoms with Crippen molar-refractivity contribution in [2.75, 3.05) is 22.9 Å². The summed E-state index contributed by atoms with van der Waals surface area (Å²) in [5.74, 6) is 0. The van der Waals surface area contributed by atoms with Gasteiger partial charge in [0.25, 0.3) is 0 Å². The first kappa shape index (κ1) is 18.7. The van der Waals surface area contributed by atoms with E-state index in [-0.39, 0.29) is 16.8 Å². The van der Waals surface area contributed by atoms with Crippen molar-refractivity contribution in [1.29, 1.82) is 0 Å². The number of aromatic nitrogens is 4. The van der Waals surface area contributed by atoms with Crippen molar-refractivity contribution in [1.82, 2.24) is 19.9 Å². The molecule has 8 nitrogen and oxygen atoms in total.